The highest BCUT2D eigenvalue weighted by molar-refractivity contribution is 7.90. The van der Waals surface area contributed by atoms with Crippen LogP contribution >= 0.6 is 0 Å². The summed E-state index contributed by atoms with van der Waals surface area (Å²) in [7, 11) is -3.61. The van der Waals surface area contributed by atoms with Crippen molar-refractivity contribution in [2.24, 2.45) is 11.8 Å². The SMILES string of the molecule is CC(C)(C)OC(=O)N1CC2C(c3cc(-c4cnc(N)nc4)nc(S(C)(=O)=O)n3)[C@@H]2C1. The number of ether oxygens (including phenoxy) is 1. The van der Waals surface area contributed by atoms with E-state index in [1.54, 1.807) is 11.0 Å². The molecular formula is C19H24N6O4S. The third-order valence-electron chi connectivity index (χ3n) is 5.21. The van der Waals surface area contributed by atoms with E-state index in [2.05, 4.69) is 19.9 Å². The summed E-state index contributed by atoms with van der Waals surface area (Å²) in [5.74, 6) is 0.627. The molecule has 2 fully saturated rings. The molecule has 1 saturated carbocycles. The fourth-order valence-corrected chi connectivity index (χ4v) is 4.37. The van der Waals surface area contributed by atoms with Gasteiger partial charge in [0.15, 0.2) is 0 Å². The number of aromatic nitrogens is 4. The minimum absolute atomic E-state index is 0.0700. The number of hydrogen-bond donors (Lipinski definition) is 1. The number of nitrogens with two attached hydrogens (primary N) is 1. The Bertz CT molecular complexity index is 1080. The molecule has 1 aliphatic carbocycles. The molecule has 2 aromatic heterocycles. The molecule has 1 aliphatic heterocycles. The van der Waals surface area contributed by atoms with Gasteiger partial charge in [-0.05, 0) is 38.7 Å². The number of hydrogen-bond acceptors (Lipinski definition) is 9. The van der Waals surface area contributed by atoms with E-state index in [1.165, 1.54) is 12.4 Å². The van der Waals surface area contributed by atoms with E-state index in [0.29, 0.717) is 30.0 Å². The molecule has 3 heterocycles. The Kier molecular flexibility index (Phi) is 4.68. The smallest absolute Gasteiger partial charge is 0.410 e. The first-order valence-electron chi connectivity index (χ1n) is 9.57. The number of likely N-dealkylation sites (tertiary alicyclic amines) is 1. The second-order valence-electron chi connectivity index (χ2n) is 8.80. The van der Waals surface area contributed by atoms with Crippen molar-refractivity contribution in [3.63, 3.8) is 0 Å². The monoisotopic (exact) mass is 432 g/mol. The number of amides is 1. The first kappa shape index (κ1) is 20.5. The molecule has 2 N–H and O–H groups in total. The van der Waals surface area contributed by atoms with Crippen LogP contribution in [0.1, 0.15) is 32.4 Å². The molecule has 11 heteroatoms. The lowest BCUT2D eigenvalue weighted by atomic mass is 10.1. The van der Waals surface area contributed by atoms with Crippen LogP contribution in [0.3, 0.4) is 0 Å². The maximum absolute atomic E-state index is 12.3. The summed E-state index contributed by atoms with van der Waals surface area (Å²) >= 11 is 0. The fourth-order valence-electron chi connectivity index (χ4n) is 3.84. The van der Waals surface area contributed by atoms with Crippen molar-refractivity contribution in [1.82, 2.24) is 24.8 Å². The number of carbonyl (C=O) groups excluding carboxylic acids is 1. The van der Waals surface area contributed by atoms with Crippen LogP contribution in [0.5, 0.6) is 0 Å². The number of sulfone groups is 1. The zero-order chi connectivity index (χ0) is 21.8. The average molecular weight is 433 g/mol. The molecule has 160 valence electrons. The van der Waals surface area contributed by atoms with E-state index in [0.717, 1.165) is 6.26 Å². The van der Waals surface area contributed by atoms with Gasteiger partial charge >= 0.3 is 6.09 Å². The van der Waals surface area contributed by atoms with Crippen LogP contribution in [-0.2, 0) is 14.6 Å². The molecule has 0 bridgehead atoms. The highest BCUT2D eigenvalue weighted by atomic mass is 32.2. The van der Waals surface area contributed by atoms with Gasteiger partial charge in [-0.2, -0.15) is 0 Å². The summed E-state index contributed by atoms with van der Waals surface area (Å²) in [6, 6.07) is 1.77. The lowest BCUT2D eigenvalue weighted by Crippen LogP contribution is -2.36. The third-order valence-corrected chi connectivity index (χ3v) is 6.06. The summed E-state index contributed by atoms with van der Waals surface area (Å²) in [6.45, 7) is 6.62. The molecule has 10 nitrogen and oxygen atoms in total. The van der Waals surface area contributed by atoms with E-state index in [4.69, 9.17) is 10.5 Å². The van der Waals surface area contributed by atoms with Crippen LogP contribution in [0, 0.1) is 11.8 Å². The van der Waals surface area contributed by atoms with Crippen molar-refractivity contribution in [3.8, 4) is 11.3 Å². The molecule has 1 saturated heterocycles. The predicted molar refractivity (Wildman–Crippen MR) is 108 cm³/mol. The Morgan fingerprint density at radius 2 is 1.77 bits per heavy atom. The van der Waals surface area contributed by atoms with E-state index >= 15 is 0 Å². The number of anilines is 1. The van der Waals surface area contributed by atoms with Gasteiger partial charge in [0.2, 0.25) is 20.9 Å². The average Bonchev–Trinajstić information content (AvgIpc) is 3.13. The van der Waals surface area contributed by atoms with Crippen LogP contribution < -0.4 is 5.73 Å². The van der Waals surface area contributed by atoms with E-state index in [-0.39, 0.29) is 35.0 Å². The third kappa shape index (κ3) is 4.07. The van der Waals surface area contributed by atoms with Crippen molar-refractivity contribution in [2.75, 3.05) is 25.1 Å². The largest absolute Gasteiger partial charge is 0.444 e. The number of nitrogen functional groups attached to an aromatic ring is 1. The molecule has 0 radical (unpaired) electrons. The van der Waals surface area contributed by atoms with Gasteiger partial charge in [-0.25, -0.2) is 33.1 Å². The summed E-state index contributed by atoms with van der Waals surface area (Å²) in [4.78, 5) is 30.4. The lowest BCUT2D eigenvalue weighted by Gasteiger charge is -2.25. The molecule has 4 rings (SSSR count). The van der Waals surface area contributed by atoms with Gasteiger partial charge in [0, 0.05) is 48.9 Å². The van der Waals surface area contributed by atoms with Gasteiger partial charge in [-0.1, -0.05) is 0 Å². The van der Waals surface area contributed by atoms with Gasteiger partial charge in [0.25, 0.3) is 0 Å². The van der Waals surface area contributed by atoms with Gasteiger partial charge in [-0.15, -0.1) is 0 Å². The maximum Gasteiger partial charge on any atom is 0.410 e. The van der Waals surface area contributed by atoms with E-state index < -0.39 is 15.4 Å². The normalized spacial score (nSPS) is 23.2. The molecule has 3 atom stereocenters. The Labute approximate surface area is 174 Å². The zero-order valence-electron chi connectivity index (χ0n) is 17.2. The molecule has 0 spiro atoms. The van der Waals surface area contributed by atoms with Crippen LogP contribution in [0.15, 0.2) is 23.6 Å². The number of rotatable bonds is 3. The maximum atomic E-state index is 12.3. The first-order valence-corrected chi connectivity index (χ1v) is 11.5. The molecule has 1 amide bonds. The fraction of sp³-hybridized carbons (Fsp3) is 0.526. The number of piperidine rings is 1. The van der Waals surface area contributed by atoms with Crippen LogP contribution in [0.25, 0.3) is 11.3 Å². The van der Waals surface area contributed by atoms with Crippen LogP contribution in [-0.4, -0.2) is 64.3 Å². The Hall–Kier alpha value is -2.82. The van der Waals surface area contributed by atoms with Crippen molar-refractivity contribution >= 4 is 21.9 Å². The Morgan fingerprint density at radius 1 is 1.17 bits per heavy atom. The number of nitrogens with zero attached hydrogens (tertiary/aromatic N) is 5. The van der Waals surface area contributed by atoms with Gasteiger partial charge < -0.3 is 15.4 Å². The molecule has 0 aromatic carbocycles. The first-order chi connectivity index (χ1) is 13.9. The molecule has 30 heavy (non-hydrogen) atoms. The molecule has 2 aliphatic rings. The van der Waals surface area contributed by atoms with Gasteiger partial charge in [-0.3, -0.25) is 0 Å². The molecule has 2 unspecified atom stereocenters. The van der Waals surface area contributed by atoms with Crippen molar-refractivity contribution in [2.45, 2.75) is 37.4 Å². The summed E-state index contributed by atoms with van der Waals surface area (Å²) in [5.41, 5.74) is 6.62. The summed E-state index contributed by atoms with van der Waals surface area (Å²) in [5, 5.41) is -0.235. The zero-order valence-corrected chi connectivity index (χ0v) is 18.0. The summed E-state index contributed by atoms with van der Waals surface area (Å²) in [6.07, 6.45) is 3.75. The van der Waals surface area contributed by atoms with E-state index in [1.807, 2.05) is 20.8 Å². The minimum Gasteiger partial charge on any atom is -0.444 e. The number of fused-ring (bicyclic) bond motifs is 1. The van der Waals surface area contributed by atoms with E-state index in [9.17, 15) is 13.2 Å². The Morgan fingerprint density at radius 3 is 2.30 bits per heavy atom. The van der Waals surface area contributed by atoms with Crippen LogP contribution in [0.2, 0.25) is 0 Å². The molecule has 2 aromatic rings. The van der Waals surface area contributed by atoms with Crippen molar-refractivity contribution in [1.29, 1.82) is 0 Å². The van der Waals surface area contributed by atoms with Crippen LogP contribution in [0.4, 0.5) is 10.7 Å². The highest BCUT2D eigenvalue weighted by Crippen LogP contribution is 2.58. The lowest BCUT2D eigenvalue weighted by molar-refractivity contribution is 0.0270. The summed E-state index contributed by atoms with van der Waals surface area (Å²) < 4.78 is 29.7. The van der Waals surface area contributed by atoms with Crippen molar-refractivity contribution in [3.05, 3.63) is 24.2 Å². The number of carbonyl (C=O) groups is 1. The standard InChI is InChI=1S/C19H24N6O4S/c1-19(2,3)29-18(26)25-8-11-12(9-25)15(11)14-5-13(10-6-21-16(20)22-7-10)23-17(24-14)30(4,27)28/h5-7,11-12,15H,8-9H2,1-4H3,(H2,20,21,22)/t11-,12?,15?/m1/s1. The topological polar surface area (TPSA) is 141 Å². The quantitative estimate of drug-likeness (QED) is 0.714. The van der Waals surface area contributed by atoms with Crippen molar-refractivity contribution < 1.29 is 17.9 Å². The Balaban J connectivity index is 1.58. The van der Waals surface area contributed by atoms with Gasteiger partial charge in [0.1, 0.15) is 5.60 Å². The predicted octanol–water partition coefficient (Wildman–Crippen LogP) is 1.50. The highest BCUT2D eigenvalue weighted by Gasteiger charge is 2.58. The van der Waals surface area contributed by atoms with Gasteiger partial charge in [0.05, 0.1) is 5.69 Å². The molecular weight excluding hydrogens is 408 g/mol. The minimum atomic E-state index is -3.61. The second-order valence-corrected chi connectivity index (χ2v) is 10.7. The second kappa shape index (κ2) is 6.86.